The molecular formula is C14H11ClN2O. The molecule has 2 rings (SSSR count). The highest BCUT2D eigenvalue weighted by molar-refractivity contribution is 6.31. The zero-order valence-corrected chi connectivity index (χ0v) is 10.2. The number of nitrogens with zero attached hydrogens (tertiary/aromatic N) is 1. The van der Waals surface area contributed by atoms with Gasteiger partial charge in [-0.15, -0.1) is 0 Å². The van der Waals surface area contributed by atoms with E-state index in [1.807, 2.05) is 6.07 Å². The zero-order chi connectivity index (χ0) is 13.0. The van der Waals surface area contributed by atoms with Crippen LogP contribution in [0.25, 0.3) is 0 Å². The Labute approximate surface area is 110 Å². The number of benzene rings is 2. The summed E-state index contributed by atoms with van der Waals surface area (Å²) in [6.45, 7) is 0. The van der Waals surface area contributed by atoms with Gasteiger partial charge in [-0.1, -0.05) is 41.9 Å². The van der Waals surface area contributed by atoms with Crippen LogP contribution >= 0.6 is 11.6 Å². The van der Waals surface area contributed by atoms with Crippen molar-refractivity contribution >= 4 is 17.3 Å². The Hall–Kier alpha value is -2.18. The van der Waals surface area contributed by atoms with E-state index in [1.165, 1.54) is 0 Å². The molecule has 0 aliphatic heterocycles. The van der Waals surface area contributed by atoms with Crippen molar-refractivity contribution in [3.8, 4) is 11.8 Å². The zero-order valence-electron chi connectivity index (χ0n) is 9.47. The number of nitriles is 1. The van der Waals surface area contributed by atoms with Crippen LogP contribution in [0.2, 0.25) is 5.02 Å². The number of hydrogen-bond acceptors (Lipinski definition) is 3. The molecule has 0 radical (unpaired) electrons. The Morgan fingerprint density at radius 2 is 1.78 bits per heavy atom. The number of phenolic OH excluding ortho intramolecular Hbond substituents is 1. The minimum absolute atomic E-state index is 0.102. The van der Waals surface area contributed by atoms with Crippen LogP contribution in [0.5, 0.6) is 5.75 Å². The first-order valence-electron chi connectivity index (χ1n) is 5.41. The van der Waals surface area contributed by atoms with Crippen molar-refractivity contribution in [1.82, 2.24) is 0 Å². The van der Waals surface area contributed by atoms with E-state index in [4.69, 9.17) is 11.6 Å². The molecule has 4 heteroatoms. The smallest absolute Gasteiger partial charge is 0.141 e. The summed E-state index contributed by atoms with van der Waals surface area (Å²) in [5.41, 5.74) is 1.19. The lowest BCUT2D eigenvalue weighted by molar-refractivity contribution is 0.477. The monoisotopic (exact) mass is 258 g/mol. The SMILES string of the molecule is N#CC(Nc1ccccc1O)c1ccccc1Cl. The third-order valence-electron chi connectivity index (χ3n) is 2.55. The third kappa shape index (κ3) is 2.55. The predicted octanol–water partition coefficient (Wildman–Crippen LogP) is 3.72. The lowest BCUT2D eigenvalue weighted by atomic mass is 10.1. The Morgan fingerprint density at radius 1 is 1.11 bits per heavy atom. The van der Waals surface area contributed by atoms with E-state index in [0.29, 0.717) is 16.3 Å². The number of rotatable bonds is 3. The van der Waals surface area contributed by atoms with Crippen molar-refractivity contribution in [2.45, 2.75) is 6.04 Å². The molecule has 18 heavy (non-hydrogen) atoms. The van der Waals surface area contributed by atoms with Crippen LogP contribution in [0.4, 0.5) is 5.69 Å². The summed E-state index contributed by atoms with van der Waals surface area (Å²) in [4.78, 5) is 0. The summed E-state index contributed by atoms with van der Waals surface area (Å²) < 4.78 is 0. The molecule has 0 amide bonds. The number of aromatic hydroxyl groups is 1. The van der Waals surface area contributed by atoms with E-state index in [2.05, 4.69) is 11.4 Å². The third-order valence-corrected chi connectivity index (χ3v) is 2.89. The van der Waals surface area contributed by atoms with Crippen molar-refractivity contribution in [2.24, 2.45) is 0 Å². The molecule has 1 unspecified atom stereocenters. The second kappa shape index (κ2) is 5.44. The highest BCUT2D eigenvalue weighted by Crippen LogP contribution is 2.29. The molecule has 0 saturated carbocycles. The Bertz CT molecular complexity index is 592. The largest absolute Gasteiger partial charge is 0.506 e. The van der Waals surface area contributed by atoms with E-state index < -0.39 is 6.04 Å². The van der Waals surface area contributed by atoms with Gasteiger partial charge in [-0.05, 0) is 18.2 Å². The van der Waals surface area contributed by atoms with Gasteiger partial charge in [0.15, 0.2) is 0 Å². The number of nitrogens with one attached hydrogen (secondary N) is 1. The van der Waals surface area contributed by atoms with Crippen molar-refractivity contribution in [3.63, 3.8) is 0 Å². The van der Waals surface area contributed by atoms with Gasteiger partial charge < -0.3 is 10.4 Å². The van der Waals surface area contributed by atoms with Gasteiger partial charge in [-0.25, -0.2) is 0 Å². The average Bonchev–Trinajstić information content (AvgIpc) is 2.39. The van der Waals surface area contributed by atoms with Crippen molar-refractivity contribution in [2.75, 3.05) is 5.32 Å². The maximum Gasteiger partial charge on any atom is 0.141 e. The lowest BCUT2D eigenvalue weighted by Gasteiger charge is -2.15. The van der Waals surface area contributed by atoms with Gasteiger partial charge in [0.25, 0.3) is 0 Å². The molecule has 0 aliphatic carbocycles. The Balaban J connectivity index is 2.30. The number of halogens is 1. The summed E-state index contributed by atoms with van der Waals surface area (Å²) in [7, 11) is 0. The standard InChI is InChI=1S/C14H11ClN2O/c15-11-6-2-1-5-10(11)13(9-16)17-12-7-3-4-8-14(12)18/h1-8,13,17-18H. The topological polar surface area (TPSA) is 56.0 Å². The van der Waals surface area contributed by atoms with Crippen LogP contribution in [0.1, 0.15) is 11.6 Å². The quantitative estimate of drug-likeness (QED) is 0.825. The fraction of sp³-hybridized carbons (Fsp3) is 0.0714. The van der Waals surface area contributed by atoms with Gasteiger partial charge in [-0.3, -0.25) is 0 Å². The van der Waals surface area contributed by atoms with Gasteiger partial charge in [0, 0.05) is 10.6 Å². The van der Waals surface area contributed by atoms with Gasteiger partial charge in [0.1, 0.15) is 11.8 Å². The molecule has 3 nitrogen and oxygen atoms in total. The first-order valence-corrected chi connectivity index (χ1v) is 5.78. The predicted molar refractivity (Wildman–Crippen MR) is 71.5 cm³/mol. The van der Waals surface area contributed by atoms with E-state index in [0.717, 1.165) is 0 Å². The van der Waals surface area contributed by atoms with E-state index in [1.54, 1.807) is 42.5 Å². The number of hydrogen-bond donors (Lipinski definition) is 2. The molecule has 0 heterocycles. The minimum Gasteiger partial charge on any atom is -0.506 e. The molecule has 2 aromatic carbocycles. The van der Waals surface area contributed by atoms with Crippen LogP contribution in [0.3, 0.4) is 0 Å². The summed E-state index contributed by atoms with van der Waals surface area (Å²) in [5.74, 6) is 0.102. The number of anilines is 1. The van der Waals surface area contributed by atoms with Gasteiger partial charge in [0.05, 0.1) is 11.8 Å². The second-order valence-electron chi connectivity index (χ2n) is 3.75. The molecular weight excluding hydrogens is 248 g/mol. The minimum atomic E-state index is -0.605. The van der Waals surface area contributed by atoms with Crippen molar-refractivity contribution < 1.29 is 5.11 Å². The van der Waals surface area contributed by atoms with Crippen molar-refractivity contribution in [3.05, 3.63) is 59.1 Å². The molecule has 0 aliphatic rings. The average molecular weight is 259 g/mol. The molecule has 0 saturated heterocycles. The molecule has 2 N–H and O–H groups in total. The summed E-state index contributed by atoms with van der Waals surface area (Å²) >= 11 is 6.05. The molecule has 0 aromatic heterocycles. The highest BCUT2D eigenvalue weighted by Gasteiger charge is 2.14. The molecule has 90 valence electrons. The molecule has 0 fully saturated rings. The van der Waals surface area contributed by atoms with Gasteiger partial charge >= 0.3 is 0 Å². The van der Waals surface area contributed by atoms with Crippen LogP contribution < -0.4 is 5.32 Å². The maximum atomic E-state index is 9.67. The lowest BCUT2D eigenvalue weighted by Crippen LogP contribution is -2.09. The van der Waals surface area contributed by atoms with Crippen LogP contribution in [-0.2, 0) is 0 Å². The first-order chi connectivity index (χ1) is 8.72. The summed E-state index contributed by atoms with van der Waals surface area (Å²) in [5, 5.41) is 22.3. The van der Waals surface area contributed by atoms with Crippen LogP contribution in [0, 0.1) is 11.3 Å². The molecule has 0 bridgehead atoms. The summed E-state index contributed by atoms with van der Waals surface area (Å²) in [6.07, 6.45) is 0. The first kappa shape index (κ1) is 12.3. The molecule has 0 spiro atoms. The van der Waals surface area contributed by atoms with Crippen molar-refractivity contribution in [1.29, 1.82) is 5.26 Å². The second-order valence-corrected chi connectivity index (χ2v) is 4.15. The van der Waals surface area contributed by atoms with Gasteiger partial charge in [-0.2, -0.15) is 5.26 Å². The van der Waals surface area contributed by atoms with Crippen LogP contribution in [-0.4, -0.2) is 5.11 Å². The maximum absolute atomic E-state index is 9.67. The normalized spacial score (nSPS) is 11.6. The van der Waals surface area contributed by atoms with E-state index in [-0.39, 0.29) is 5.75 Å². The molecule has 2 aromatic rings. The number of para-hydroxylation sites is 2. The fourth-order valence-corrected chi connectivity index (χ4v) is 1.88. The Kier molecular flexibility index (Phi) is 3.71. The Morgan fingerprint density at radius 3 is 2.44 bits per heavy atom. The van der Waals surface area contributed by atoms with Crippen LogP contribution in [0.15, 0.2) is 48.5 Å². The molecule has 1 atom stereocenters. The number of phenols is 1. The van der Waals surface area contributed by atoms with E-state index >= 15 is 0 Å². The highest BCUT2D eigenvalue weighted by atomic mass is 35.5. The van der Waals surface area contributed by atoms with E-state index in [9.17, 15) is 10.4 Å². The van der Waals surface area contributed by atoms with Gasteiger partial charge in [0.2, 0.25) is 0 Å². The fourth-order valence-electron chi connectivity index (χ4n) is 1.64. The summed E-state index contributed by atoms with van der Waals surface area (Å²) in [6, 6.07) is 15.4.